The molecular weight excluding hydrogens is 238 g/mol. The van der Waals surface area contributed by atoms with Crippen LogP contribution in [0.25, 0.3) is 0 Å². The van der Waals surface area contributed by atoms with Gasteiger partial charge in [0.2, 0.25) is 0 Å². The van der Waals surface area contributed by atoms with Crippen LogP contribution in [0, 0.1) is 5.92 Å². The first-order chi connectivity index (χ1) is 8.11. The first-order valence-electron chi connectivity index (χ1n) is 5.66. The molecule has 1 atom stereocenters. The summed E-state index contributed by atoms with van der Waals surface area (Å²) < 4.78 is 0. The Morgan fingerprint density at radius 2 is 2.29 bits per heavy atom. The molecule has 1 heterocycles. The maximum Gasteiger partial charge on any atom is 0.250 e. The van der Waals surface area contributed by atoms with Crippen LogP contribution in [0.3, 0.4) is 0 Å². The molecule has 92 valence electrons. The molecule has 2 rings (SSSR count). The summed E-state index contributed by atoms with van der Waals surface area (Å²) in [7, 11) is 0. The van der Waals surface area contributed by atoms with E-state index in [1.54, 1.807) is 18.2 Å². The number of primary amides is 1. The first kappa shape index (κ1) is 12.2. The van der Waals surface area contributed by atoms with Crippen molar-refractivity contribution in [1.29, 1.82) is 0 Å². The molecule has 1 amide bonds. The Balaban J connectivity index is 2.31. The quantitative estimate of drug-likeness (QED) is 0.851. The van der Waals surface area contributed by atoms with Crippen LogP contribution in [-0.2, 0) is 0 Å². The van der Waals surface area contributed by atoms with E-state index in [0.717, 1.165) is 25.2 Å². The van der Waals surface area contributed by atoms with Gasteiger partial charge < -0.3 is 16.4 Å². The Kier molecular flexibility index (Phi) is 3.54. The van der Waals surface area contributed by atoms with Crippen molar-refractivity contribution >= 4 is 23.2 Å². The number of rotatable bonds is 3. The number of carbonyl (C=O) groups is 1. The molecule has 1 fully saturated rings. The van der Waals surface area contributed by atoms with Gasteiger partial charge >= 0.3 is 0 Å². The molecule has 1 aliphatic rings. The highest BCUT2D eigenvalue weighted by Gasteiger charge is 2.24. The molecule has 0 aliphatic carbocycles. The lowest BCUT2D eigenvalue weighted by atomic mass is 10.1. The second kappa shape index (κ2) is 4.94. The highest BCUT2D eigenvalue weighted by atomic mass is 35.5. The van der Waals surface area contributed by atoms with Crippen LogP contribution >= 0.6 is 11.6 Å². The summed E-state index contributed by atoms with van der Waals surface area (Å²) in [6.45, 7) is 2.42. The van der Waals surface area contributed by atoms with E-state index in [1.165, 1.54) is 0 Å². The molecule has 0 aromatic heterocycles. The molecule has 0 spiro atoms. The summed E-state index contributed by atoms with van der Waals surface area (Å²) in [4.78, 5) is 13.5. The smallest absolute Gasteiger partial charge is 0.250 e. The second-order valence-electron chi connectivity index (χ2n) is 4.36. The molecule has 0 bridgehead atoms. The summed E-state index contributed by atoms with van der Waals surface area (Å²) in [5.41, 5.74) is 12.4. The lowest BCUT2D eigenvalue weighted by Gasteiger charge is -2.21. The normalized spacial score (nSPS) is 19.6. The zero-order valence-electron chi connectivity index (χ0n) is 9.53. The maximum atomic E-state index is 11.4. The van der Waals surface area contributed by atoms with E-state index in [2.05, 4.69) is 4.90 Å². The van der Waals surface area contributed by atoms with Crippen LogP contribution in [0.4, 0.5) is 5.69 Å². The lowest BCUT2D eigenvalue weighted by Crippen LogP contribution is -2.25. The Morgan fingerprint density at radius 3 is 2.88 bits per heavy atom. The van der Waals surface area contributed by atoms with Gasteiger partial charge in [0.15, 0.2) is 0 Å². The monoisotopic (exact) mass is 253 g/mol. The summed E-state index contributed by atoms with van der Waals surface area (Å²) in [6.07, 6.45) is 1.04. The molecule has 1 unspecified atom stereocenters. The lowest BCUT2D eigenvalue weighted by molar-refractivity contribution is 0.100. The summed E-state index contributed by atoms with van der Waals surface area (Å²) in [6, 6.07) is 5.15. The van der Waals surface area contributed by atoms with Crippen LogP contribution < -0.4 is 16.4 Å². The minimum Gasteiger partial charge on any atom is -0.371 e. The number of halogens is 1. The maximum absolute atomic E-state index is 11.4. The van der Waals surface area contributed by atoms with E-state index < -0.39 is 5.91 Å². The van der Waals surface area contributed by atoms with Crippen molar-refractivity contribution < 1.29 is 4.79 Å². The third-order valence-corrected chi connectivity index (χ3v) is 3.42. The molecule has 17 heavy (non-hydrogen) atoms. The van der Waals surface area contributed by atoms with E-state index >= 15 is 0 Å². The summed E-state index contributed by atoms with van der Waals surface area (Å²) >= 11 is 5.97. The molecule has 4 N–H and O–H groups in total. The zero-order valence-corrected chi connectivity index (χ0v) is 10.3. The number of benzene rings is 1. The van der Waals surface area contributed by atoms with Crippen LogP contribution in [0.5, 0.6) is 0 Å². The average molecular weight is 254 g/mol. The number of anilines is 1. The Morgan fingerprint density at radius 1 is 1.53 bits per heavy atom. The van der Waals surface area contributed by atoms with Crippen molar-refractivity contribution in [3.8, 4) is 0 Å². The number of hydrogen-bond acceptors (Lipinski definition) is 3. The van der Waals surface area contributed by atoms with Gasteiger partial charge in [-0.1, -0.05) is 11.6 Å². The van der Waals surface area contributed by atoms with Crippen LogP contribution in [0.15, 0.2) is 18.2 Å². The van der Waals surface area contributed by atoms with Gasteiger partial charge in [-0.25, -0.2) is 0 Å². The molecule has 1 aromatic rings. The van der Waals surface area contributed by atoms with Crippen molar-refractivity contribution in [2.45, 2.75) is 6.42 Å². The SMILES string of the molecule is NCC1CCN(c2cc(Cl)ccc2C(N)=O)C1. The molecule has 1 aromatic carbocycles. The van der Waals surface area contributed by atoms with E-state index in [4.69, 9.17) is 23.1 Å². The second-order valence-corrected chi connectivity index (χ2v) is 4.80. The van der Waals surface area contributed by atoms with Crippen molar-refractivity contribution in [2.75, 3.05) is 24.5 Å². The molecule has 0 radical (unpaired) electrons. The number of carbonyl (C=O) groups excluding carboxylic acids is 1. The summed E-state index contributed by atoms with van der Waals surface area (Å²) in [5, 5.41) is 0.612. The van der Waals surface area contributed by atoms with E-state index in [9.17, 15) is 4.79 Å². The van der Waals surface area contributed by atoms with Gasteiger partial charge in [0.25, 0.3) is 5.91 Å². The number of nitrogens with two attached hydrogens (primary N) is 2. The van der Waals surface area contributed by atoms with Crippen molar-refractivity contribution in [1.82, 2.24) is 0 Å². The number of amides is 1. The Labute approximate surface area is 106 Å². The van der Waals surface area contributed by atoms with Crippen LogP contribution in [0.1, 0.15) is 16.8 Å². The topological polar surface area (TPSA) is 72.3 Å². The van der Waals surface area contributed by atoms with Gasteiger partial charge in [0, 0.05) is 18.1 Å². The predicted molar refractivity (Wildman–Crippen MR) is 69.3 cm³/mol. The third kappa shape index (κ3) is 2.53. The molecular formula is C12H16ClN3O. The summed E-state index contributed by atoms with van der Waals surface area (Å²) in [5.74, 6) is 0.0579. The van der Waals surface area contributed by atoms with Gasteiger partial charge in [-0.2, -0.15) is 0 Å². The molecule has 4 nitrogen and oxygen atoms in total. The number of nitrogens with zero attached hydrogens (tertiary/aromatic N) is 1. The molecule has 5 heteroatoms. The number of hydrogen-bond donors (Lipinski definition) is 2. The average Bonchev–Trinajstić information content (AvgIpc) is 2.76. The highest BCUT2D eigenvalue weighted by molar-refractivity contribution is 6.31. The fraction of sp³-hybridized carbons (Fsp3) is 0.417. The zero-order chi connectivity index (χ0) is 12.4. The van der Waals surface area contributed by atoms with Crippen LogP contribution in [-0.4, -0.2) is 25.5 Å². The van der Waals surface area contributed by atoms with Gasteiger partial charge in [-0.3, -0.25) is 4.79 Å². The van der Waals surface area contributed by atoms with Gasteiger partial charge in [-0.15, -0.1) is 0 Å². The highest BCUT2D eigenvalue weighted by Crippen LogP contribution is 2.29. The van der Waals surface area contributed by atoms with Crippen LogP contribution in [0.2, 0.25) is 5.02 Å². The van der Waals surface area contributed by atoms with Crippen molar-refractivity contribution in [3.63, 3.8) is 0 Å². The van der Waals surface area contributed by atoms with E-state index in [0.29, 0.717) is 23.0 Å². The standard InChI is InChI=1S/C12H16ClN3O/c13-9-1-2-10(12(15)17)11(5-9)16-4-3-8(6-14)7-16/h1-2,5,8H,3-4,6-7,14H2,(H2,15,17). The first-order valence-corrected chi connectivity index (χ1v) is 6.04. The minimum atomic E-state index is -0.423. The Bertz CT molecular complexity index is 436. The third-order valence-electron chi connectivity index (χ3n) is 3.19. The fourth-order valence-corrected chi connectivity index (χ4v) is 2.38. The van der Waals surface area contributed by atoms with E-state index in [-0.39, 0.29) is 0 Å². The van der Waals surface area contributed by atoms with Gasteiger partial charge in [-0.05, 0) is 37.1 Å². The fourth-order valence-electron chi connectivity index (χ4n) is 2.22. The van der Waals surface area contributed by atoms with Gasteiger partial charge in [0.1, 0.15) is 0 Å². The molecule has 0 saturated carbocycles. The largest absolute Gasteiger partial charge is 0.371 e. The molecule has 1 aliphatic heterocycles. The van der Waals surface area contributed by atoms with Gasteiger partial charge in [0.05, 0.1) is 11.3 Å². The predicted octanol–water partition coefficient (Wildman–Crippen LogP) is 1.22. The van der Waals surface area contributed by atoms with E-state index in [1.807, 2.05) is 0 Å². The molecule has 1 saturated heterocycles. The Hall–Kier alpha value is -1.26. The van der Waals surface area contributed by atoms with Crippen molar-refractivity contribution in [2.24, 2.45) is 17.4 Å². The minimum absolute atomic E-state index is 0.423. The van der Waals surface area contributed by atoms with Crippen molar-refractivity contribution in [3.05, 3.63) is 28.8 Å².